The Hall–Kier alpha value is -10.8. The first kappa shape index (κ1) is 85.8. The molecule has 10 amide bonds. The number of unbranched alkanes of at least 4 members (excludes halogenated alkanes) is 1. The van der Waals surface area contributed by atoms with Gasteiger partial charge in [0.15, 0.2) is 5.78 Å². The lowest BCUT2D eigenvalue weighted by Crippen LogP contribution is -2.46. The van der Waals surface area contributed by atoms with Crippen LogP contribution in [0.1, 0.15) is 95.8 Å². The number of aromatic amines is 1. The van der Waals surface area contributed by atoms with Crippen LogP contribution < -0.4 is 47.1 Å². The number of anilines is 3. The molecule has 34 heteroatoms. The fraction of sp³-hybridized carbons (Fsp3) is 0.455. The molecule has 2 aliphatic heterocycles. The highest BCUT2D eigenvalue weighted by molar-refractivity contribution is 6.20. The predicted molar refractivity (Wildman–Crippen MR) is 409 cm³/mol. The molecule has 4 aromatic carbocycles. The van der Waals surface area contributed by atoms with Crippen LogP contribution in [0, 0.1) is 18.8 Å². The number of nitrogens with two attached hydrogens (primary N) is 2. The number of amides is 10. The van der Waals surface area contributed by atoms with Gasteiger partial charge in [-0.2, -0.15) is 0 Å². The van der Waals surface area contributed by atoms with E-state index in [1.54, 1.807) is 98.7 Å². The van der Waals surface area contributed by atoms with Crippen LogP contribution in [0.15, 0.2) is 103 Å². The van der Waals surface area contributed by atoms with E-state index in [0.29, 0.717) is 109 Å². The largest absolute Gasteiger partial charge is 0.491 e. The molecule has 0 radical (unpaired) electrons. The summed E-state index contributed by atoms with van der Waals surface area (Å²) in [5, 5.41) is 22.1. The SMILES string of the molecule is COCCOCCOCCOCCOc1ccc(C(=O)Nc2cnc3[nH]c(C(=O)N4C[C@@H](CCl)c5c4cc(OC(=O)N(CCCC[C@H](N)C(=O)O)CCN(C)C(=O)OCc4ccc(NC(=O)[C@H](CCCNC(N)=O)CC(=O)[C@@H](NC(=O)OCCOCCN6C(=O)C=CC6=O)C(C)C)cc4)c4cccc(C)c54)cc3c2)cc1. The number of carboxylic acid groups (broad SMARTS) is 1. The summed E-state index contributed by atoms with van der Waals surface area (Å²) in [6, 6.07) is 20.6. The molecule has 0 bridgehead atoms. The first-order chi connectivity index (χ1) is 53.4. The number of carbonyl (C=O) groups excluding carboxylic acids is 10. The molecule has 0 aliphatic carbocycles. The number of aromatic nitrogens is 2. The Bertz CT molecular complexity index is 4220. The molecule has 33 nitrogen and oxygen atoms in total. The second kappa shape index (κ2) is 43.5. The average molecular weight is 1560 g/mol. The lowest BCUT2D eigenvalue weighted by atomic mass is 9.89. The second-order valence-electron chi connectivity index (χ2n) is 26.6. The number of aliphatic carboxylic acids is 1. The molecule has 0 saturated heterocycles. The number of ketones is 1. The standard InChI is InChI=1S/C77H97ClN12O21/c1-48(2)68(86-75(100)109-39-37-104-29-28-89-64(92)22-23-65(89)93)62(91)42-52(11-9-24-81-74(80)99)71(95)83-55-18-14-50(15-19-55)47-110-76(101)87(4)26-27-88(25-7-6-13-59(79)73(97)98)77(102)111-63-43-61-67(66-49(3)10-8-12-58(63)66)54(44-78)46-90(61)72(96)60-41-53-40-56(45-82-69(53)85-60)84-70(94)51-16-20-57(21-17-51)108-38-36-107-35-34-106-33-32-105-31-30-103-5/h8,10,12,14-23,40-41,43,45,48,52,54,59,68H,6-7,9,11,13,24-39,42,44,46-47,79H2,1-5H3,(H,82,85)(H,83,95)(H,84,94)(H,86,100)(H,97,98)(H3,80,81,99)/t52-,54-,59+,68+/m1/s1. The van der Waals surface area contributed by atoms with Crippen molar-refractivity contribution in [1.29, 1.82) is 0 Å². The third-order valence-electron chi connectivity index (χ3n) is 18.2. The number of H-pyrrole nitrogens is 1. The number of imide groups is 1. The zero-order chi connectivity index (χ0) is 79.9. The number of aryl methyl sites for hydroxylation is 1. The zero-order valence-electron chi connectivity index (χ0n) is 62.8. The smallest absolute Gasteiger partial charge is 0.415 e. The lowest BCUT2D eigenvalue weighted by Gasteiger charge is -2.26. The van der Waals surface area contributed by atoms with Gasteiger partial charge in [-0.1, -0.05) is 44.2 Å². The molecule has 8 rings (SSSR count). The molecule has 10 N–H and O–H groups in total. The first-order valence-corrected chi connectivity index (χ1v) is 37.0. The zero-order valence-corrected chi connectivity index (χ0v) is 63.5. The van der Waals surface area contributed by atoms with Gasteiger partial charge in [0.05, 0.1) is 89.6 Å². The fourth-order valence-corrected chi connectivity index (χ4v) is 12.4. The van der Waals surface area contributed by atoms with Crippen LogP contribution in [0.2, 0.25) is 0 Å². The Balaban J connectivity index is 0.863. The molecule has 598 valence electrons. The maximum absolute atomic E-state index is 14.8. The van der Waals surface area contributed by atoms with E-state index < -0.39 is 89.5 Å². The van der Waals surface area contributed by atoms with Gasteiger partial charge in [0.1, 0.15) is 48.7 Å². The Morgan fingerprint density at radius 3 is 2.12 bits per heavy atom. The maximum Gasteiger partial charge on any atom is 0.415 e. The molecule has 0 spiro atoms. The van der Waals surface area contributed by atoms with Crippen molar-refractivity contribution in [2.45, 2.75) is 83.9 Å². The quantitative estimate of drug-likeness (QED) is 0.0103. The summed E-state index contributed by atoms with van der Waals surface area (Å²) in [4.78, 5) is 157. The number of fused-ring (bicyclic) bond motifs is 4. The molecular formula is C77H97ClN12O21. The Kier molecular flexibility index (Phi) is 33.7. The molecular weight excluding hydrogens is 1460 g/mol. The van der Waals surface area contributed by atoms with Crippen molar-refractivity contribution in [3.63, 3.8) is 0 Å². The van der Waals surface area contributed by atoms with Gasteiger partial charge in [-0.3, -0.25) is 38.5 Å². The summed E-state index contributed by atoms with van der Waals surface area (Å²) < 4.78 is 49.7. The van der Waals surface area contributed by atoms with E-state index in [-0.39, 0.29) is 121 Å². The van der Waals surface area contributed by atoms with E-state index in [1.165, 1.54) is 23.0 Å². The number of halogens is 1. The number of alkyl halides is 1. The molecule has 6 aromatic rings. The average Bonchev–Trinajstić information content (AvgIpc) is 1.60. The summed E-state index contributed by atoms with van der Waals surface area (Å²) in [7, 11) is 3.09. The number of carboxylic acids is 1. The Morgan fingerprint density at radius 2 is 1.44 bits per heavy atom. The number of Topliss-reactive ketones (excluding diaryl/α,β-unsaturated/α-hetero) is 1. The highest BCUT2D eigenvalue weighted by Crippen LogP contribution is 2.47. The van der Waals surface area contributed by atoms with Crippen molar-refractivity contribution in [1.82, 2.24) is 35.3 Å². The Labute approximate surface area is 646 Å². The third-order valence-corrected chi connectivity index (χ3v) is 18.5. The number of hydrogen-bond donors (Lipinski definition) is 8. The van der Waals surface area contributed by atoms with Crippen LogP contribution >= 0.6 is 11.6 Å². The molecule has 4 atom stereocenters. The van der Waals surface area contributed by atoms with Crippen molar-refractivity contribution in [2.24, 2.45) is 23.3 Å². The predicted octanol–water partition coefficient (Wildman–Crippen LogP) is 7.64. The monoisotopic (exact) mass is 1560 g/mol. The topological polar surface area (TPSA) is 433 Å². The lowest BCUT2D eigenvalue weighted by molar-refractivity contribution is -0.139. The van der Waals surface area contributed by atoms with E-state index >= 15 is 0 Å². The maximum atomic E-state index is 14.8. The van der Waals surface area contributed by atoms with Gasteiger partial charge in [0, 0.05) is 111 Å². The summed E-state index contributed by atoms with van der Waals surface area (Å²) in [6.45, 7) is 8.51. The number of rotatable bonds is 46. The van der Waals surface area contributed by atoms with Crippen LogP contribution in [-0.2, 0) is 63.7 Å². The number of nitrogens with zero attached hydrogens (tertiary/aromatic N) is 5. The van der Waals surface area contributed by atoms with Crippen LogP contribution in [0.25, 0.3) is 21.8 Å². The summed E-state index contributed by atoms with van der Waals surface area (Å²) >= 11 is 6.72. The molecule has 111 heavy (non-hydrogen) atoms. The van der Waals surface area contributed by atoms with E-state index in [9.17, 15) is 57.8 Å². The van der Waals surface area contributed by atoms with Gasteiger partial charge in [0.2, 0.25) is 5.91 Å². The van der Waals surface area contributed by atoms with Crippen LogP contribution in [0.5, 0.6) is 11.5 Å². The number of pyridine rings is 1. The third kappa shape index (κ3) is 25.9. The fourth-order valence-electron chi connectivity index (χ4n) is 12.2. The second-order valence-corrected chi connectivity index (χ2v) is 26.9. The number of alkyl carbamates (subject to hydrolysis) is 1. The van der Waals surface area contributed by atoms with Gasteiger partial charge in [-0.05, 0) is 116 Å². The Morgan fingerprint density at radius 1 is 0.757 bits per heavy atom. The van der Waals surface area contributed by atoms with Gasteiger partial charge >= 0.3 is 30.3 Å². The highest BCUT2D eigenvalue weighted by Gasteiger charge is 2.38. The van der Waals surface area contributed by atoms with Gasteiger partial charge in [-0.15, -0.1) is 11.6 Å². The number of benzene rings is 4. The van der Waals surface area contributed by atoms with E-state index in [2.05, 4.69) is 31.2 Å². The minimum atomic E-state index is -1.17. The molecule has 2 aromatic heterocycles. The minimum absolute atomic E-state index is 0.0105. The van der Waals surface area contributed by atoms with Crippen molar-refractivity contribution in [3.05, 3.63) is 131 Å². The number of primary amides is 1. The van der Waals surface area contributed by atoms with Crippen molar-refractivity contribution in [3.8, 4) is 11.5 Å². The molecule has 4 heterocycles. The summed E-state index contributed by atoms with van der Waals surface area (Å²) in [6.07, 6.45) is 2.19. The van der Waals surface area contributed by atoms with Gasteiger partial charge < -0.3 is 100 Å². The number of nitrogens with one attached hydrogen (secondary N) is 5. The summed E-state index contributed by atoms with van der Waals surface area (Å²) in [5.41, 5.74) is 15.3. The first-order valence-electron chi connectivity index (χ1n) is 36.5. The van der Waals surface area contributed by atoms with E-state index in [4.69, 9.17) is 65.7 Å². The van der Waals surface area contributed by atoms with Gasteiger partial charge in [0.25, 0.3) is 23.6 Å². The molecule has 0 saturated carbocycles. The normalized spacial score (nSPS) is 13.9. The van der Waals surface area contributed by atoms with E-state index in [0.717, 1.165) is 33.6 Å². The molecule has 0 unspecified atom stereocenters. The number of ether oxygens (including phenoxy) is 9. The van der Waals surface area contributed by atoms with Crippen LogP contribution in [0.4, 0.5) is 36.2 Å². The molecule has 0 fully saturated rings. The van der Waals surface area contributed by atoms with Crippen molar-refractivity contribution in [2.75, 3.05) is 148 Å². The number of urea groups is 1. The van der Waals surface area contributed by atoms with Crippen LogP contribution in [0.3, 0.4) is 0 Å². The van der Waals surface area contributed by atoms with Crippen molar-refractivity contribution < 1.29 is 100 Å². The minimum Gasteiger partial charge on any atom is -0.491 e. The van der Waals surface area contributed by atoms with E-state index in [1.807, 2.05) is 19.1 Å². The van der Waals surface area contributed by atoms with Crippen molar-refractivity contribution >= 4 is 116 Å². The number of hydrogen-bond acceptors (Lipinski definition) is 22. The summed E-state index contributed by atoms with van der Waals surface area (Å²) in [5.74, 6) is -4.78. The highest BCUT2D eigenvalue weighted by atomic mass is 35.5. The number of carbonyl (C=O) groups is 11. The number of methoxy groups -OCH3 is 1. The number of likely N-dealkylation sites (N-methyl/N-ethyl adjacent to an activating group) is 1. The molecule has 2 aliphatic rings. The van der Waals surface area contributed by atoms with Crippen LogP contribution in [-0.4, -0.2) is 239 Å². The van der Waals surface area contributed by atoms with Gasteiger partial charge in [-0.25, -0.2) is 24.2 Å².